The molecule has 0 unspecified atom stereocenters. The molecule has 1 N–H and O–H groups in total. The molecule has 0 saturated heterocycles. The fourth-order valence-corrected chi connectivity index (χ4v) is 2.02. The fourth-order valence-electron chi connectivity index (χ4n) is 1.80. The molecule has 0 spiro atoms. The number of aryl methyl sites for hydroxylation is 1. The van der Waals surface area contributed by atoms with Crippen molar-refractivity contribution >= 4 is 15.9 Å². The number of hydrogen-bond acceptors (Lipinski definition) is 3. The number of aromatic nitrogens is 1. The van der Waals surface area contributed by atoms with Gasteiger partial charge in [0.2, 0.25) is 5.88 Å². The zero-order chi connectivity index (χ0) is 14.2. The lowest BCUT2D eigenvalue weighted by Crippen LogP contribution is -2.17. The topological polar surface area (TPSA) is 34.1 Å². The average Bonchev–Trinajstić information content (AvgIpc) is 2.47. The molecule has 0 amide bonds. The van der Waals surface area contributed by atoms with E-state index in [2.05, 4.69) is 50.5 Å². The summed E-state index contributed by atoms with van der Waals surface area (Å²) in [5.41, 5.74) is 2.25. The number of benzene rings is 1. The van der Waals surface area contributed by atoms with Crippen molar-refractivity contribution < 1.29 is 4.74 Å². The molecule has 106 valence electrons. The Labute approximate surface area is 128 Å². The van der Waals surface area contributed by atoms with E-state index in [9.17, 15) is 0 Å². The van der Waals surface area contributed by atoms with Crippen molar-refractivity contribution in [2.45, 2.75) is 19.9 Å². The molecule has 0 aliphatic rings. The van der Waals surface area contributed by atoms with Crippen LogP contribution in [-0.2, 0) is 6.54 Å². The van der Waals surface area contributed by atoms with E-state index < -0.39 is 0 Å². The Bertz CT molecular complexity index is 531. The minimum atomic E-state index is 0.676. The van der Waals surface area contributed by atoms with Crippen LogP contribution in [0.3, 0.4) is 0 Å². The first-order valence-electron chi connectivity index (χ1n) is 6.76. The molecule has 0 aliphatic heterocycles. The lowest BCUT2D eigenvalue weighted by molar-refractivity contribution is 0.296. The second kappa shape index (κ2) is 8.02. The standard InChI is InChI=1S/C16H19BrN2O/c1-13-15(17)8-9-16(19-13)20-11-5-10-18-12-14-6-3-2-4-7-14/h2-4,6-9,18H,5,10-12H2,1H3. The van der Waals surface area contributed by atoms with Crippen molar-refractivity contribution in [3.8, 4) is 5.88 Å². The first kappa shape index (κ1) is 15.0. The number of ether oxygens (including phenoxy) is 1. The van der Waals surface area contributed by atoms with Crippen molar-refractivity contribution in [2.75, 3.05) is 13.2 Å². The van der Waals surface area contributed by atoms with E-state index >= 15 is 0 Å². The Morgan fingerprint density at radius 1 is 1.15 bits per heavy atom. The summed E-state index contributed by atoms with van der Waals surface area (Å²) in [6.07, 6.45) is 0.962. The Hall–Kier alpha value is -1.39. The van der Waals surface area contributed by atoms with Gasteiger partial charge >= 0.3 is 0 Å². The summed E-state index contributed by atoms with van der Waals surface area (Å²) in [5, 5.41) is 3.40. The van der Waals surface area contributed by atoms with Crippen molar-refractivity contribution in [1.29, 1.82) is 0 Å². The van der Waals surface area contributed by atoms with Gasteiger partial charge in [-0.15, -0.1) is 0 Å². The molecule has 2 rings (SSSR count). The van der Waals surface area contributed by atoms with Crippen LogP contribution in [0.4, 0.5) is 0 Å². The van der Waals surface area contributed by atoms with Crippen LogP contribution in [0.1, 0.15) is 17.7 Å². The SMILES string of the molecule is Cc1nc(OCCCNCc2ccccc2)ccc1Br. The maximum atomic E-state index is 5.62. The molecule has 0 aliphatic carbocycles. The van der Waals surface area contributed by atoms with Gasteiger partial charge in [0, 0.05) is 17.1 Å². The Morgan fingerprint density at radius 2 is 1.95 bits per heavy atom. The van der Waals surface area contributed by atoms with E-state index in [4.69, 9.17) is 4.74 Å². The van der Waals surface area contributed by atoms with Gasteiger partial charge in [-0.25, -0.2) is 4.98 Å². The zero-order valence-electron chi connectivity index (χ0n) is 11.6. The monoisotopic (exact) mass is 334 g/mol. The van der Waals surface area contributed by atoms with E-state index in [1.54, 1.807) is 0 Å². The quantitative estimate of drug-likeness (QED) is 0.783. The van der Waals surface area contributed by atoms with E-state index in [-0.39, 0.29) is 0 Å². The van der Waals surface area contributed by atoms with Gasteiger partial charge in [-0.05, 0) is 47.4 Å². The molecule has 1 heterocycles. The van der Waals surface area contributed by atoms with E-state index in [0.717, 1.165) is 29.7 Å². The Balaban J connectivity index is 1.61. The van der Waals surface area contributed by atoms with Gasteiger partial charge in [-0.3, -0.25) is 0 Å². The van der Waals surface area contributed by atoms with Crippen molar-refractivity contribution in [1.82, 2.24) is 10.3 Å². The average molecular weight is 335 g/mol. The van der Waals surface area contributed by atoms with Gasteiger partial charge in [0.25, 0.3) is 0 Å². The number of pyridine rings is 1. The summed E-state index contributed by atoms with van der Waals surface area (Å²) in [6, 6.07) is 14.2. The minimum Gasteiger partial charge on any atom is -0.478 e. The fraction of sp³-hybridized carbons (Fsp3) is 0.312. The summed E-state index contributed by atoms with van der Waals surface area (Å²) < 4.78 is 6.63. The first-order valence-corrected chi connectivity index (χ1v) is 7.55. The number of rotatable bonds is 7. The molecule has 0 saturated carbocycles. The third-order valence-electron chi connectivity index (χ3n) is 2.92. The van der Waals surface area contributed by atoms with Gasteiger partial charge in [-0.2, -0.15) is 0 Å². The summed E-state index contributed by atoms with van der Waals surface area (Å²) in [4.78, 5) is 4.35. The van der Waals surface area contributed by atoms with E-state index in [0.29, 0.717) is 12.5 Å². The Kier molecular flexibility index (Phi) is 6.02. The smallest absolute Gasteiger partial charge is 0.213 e. The molecular weight excluding hydrogens is 316 g/mol. The van der Waals surface area contributed by atoms with Crippen LogP contribution in [0, 0.1) is 6.92 Å². The van der Waals surface area contributed by atoms with Crippen LogP contribution in [0.5, 0.6) is 5.88 Å². The molecule has 0 bridgehead atoms. The maximum Gasteiger partial charge on any atom is 0.213 e. The summed E-state index contributed by atoms with van der Waals surface area (Å²) in [6.45, 7) is 4.47. The molecule has 20 heavy (non-hydrogen) atoms. The van der Waals surface area contributed by atoms with Gasteiger partial charge in [-0.1, -0.05) is 30.3 Å². The van der Waals surface area contributed by atoms with E-state index in [1.165, 1.54) is 5.56 Å². The predicted octanol–water partition coefficient (Wildman–Crippen LogP) is 3.71. The highest BCUT2D eigenvalue weighted by Crippen LogP contribution is 2.17. The second-order valence-corrected chi connectivity index (χ2v) is 5.44. The number of halogens is 1. The lowest BCUT2D eigenvalue weighted by Gasteiger charge is -2.07. The highest BCUT2D eigenvalue weighted by Gasteiger charge is 1.99. The maximum absolute atomic E-state index is 5.62. The summed E-state index contributed by atoms with van der Waals surface area (Å²) in [5.74, 6) is 0.689. The number of nitrogens with one attached hydrogen (secondary N) is 1. The molecule has 3 nitrogen and oxygen atoms in total. The van der Waals surface area contributed by atoms with Crippen LogP contribution in [0.25, 0.3) is 0 Å². The third-order valence-corrected chi connectivity index (χ3v) is 3.75. The largest absolute Gasteiger partial charge is 0.478 e. The zero-order valence-corrected chi connectivity index (χ0v) is 13.2. The van der Waals surface area contributed by atoms with Gasteiger partial charge in [0.1, 0.15) is 0 Å². The minimum absolute atomic E-state index is 0.676. The van der Waals surface area contributed by atoms with E-state index in [1.807, 2.05) is 25.1 Å². The van der Waals surface area contributed by atoms with Crippen molar-refractivity contribution in [3.05, 3.63) is 58.2 Å². The first-order chi connectivity index (χ1) is 9.75. The normalized spacial score (nSPS) is 10.5. The predicted molar refractivity (Wildman–Crippen MR) is 84.9 cm³/mol. The van der Waals surface area contributed by atoms with Crippen molar-refractivity contribution in [2.24, 2.45) is 0 Å². The number of nitrogens with zero attached hydrogens (tertiary/aromatic N) is 1. The van der Waals surface area contributed by atoms with Gasteiger partial charge < -0.3 is 10.1 Å². The highest BCUT2D eigenvalue weighted by molar-refractivity contribution is 9.10. The molecule has 1 aromatic heterocycles. The molecule has 1 aromatic carbocycles. The van der Waals surface area contributed by atoms with Crippen LogP contribution in [-0.4, -0.2) is 18.1 Å². The highest BCUT2D eigenvalue weighted by atomic mass is 79.9. The Morgan fingerprint density at radius 3 is 2.70 bits per heavy atom. The van der Waals surface area contributed by atoms with Crippen molar-refractivity contribution in [3.63, 3.8) is 0 Å². The molecule has 4 heteroatoms. The van der Waals surface area contributed by atoms with Gasteiger partial charge in [0.15, 0.2) is 0 Å². The summed E-state index contributed by atoms with van der Waals surface area (Å²) >= 11 is 3.43. The number of hydrogen-bond donors (Lipinski definition) is 1. The van der Waals surface area contributed by atoms with Gasteiger partial charge in [0.05, 0.1) is 12.3 Å². The molecule has 2 aromatic rings. The lowest BCUT2D eigenvalue weighted by atomic mass is 10.2. The third kappa shape index (κ3) is 4.94. The second-order valence-electron chi connectivity index (χ2n) is 4.58. The molecular formula is C16H19BrN2O. The molecule has 0 atom stereocenters. The molecule has 0 fully saturated rings. The van der Waals surface area contributed by atoms with Crippen LogP contribution in [0.2, 0.25) is 0 Å². The van der Waals surface area contributed by atoms with Crippen LogP contribution >= 0.6 is 15.9 Å². The molecule has 0 radical (unpaired) electrons. The van der Waals surface area contributed by atoms with Crippen LogP contribution in [0.15, 0.2) is 46.9 Å². The van der Waals surface area contributed by atoms with Crippen LogP contribution < -0.4 is 10.1 Å². The summed E-state index contributed by atoms with van der Waals surface area (Å²) in [7, 11) is 0.